The molecule has 1 atom stereocenters. The predicted molar refractivity (Wildman–Crippen MR) is 33.5 cm³/mol. The number of rotatable bonds is 3. The van der Waals surface area contributed by atoms with Gasteiger partial charge < -0.3 is 15.6 Å². The summed E-state index contributed by atoms with van der Waals surface area (Å²) in [6.07, 6.45) is 0.369. The second kappa shape index (κ2) is 5.53. The van der Waals surface area contributed by atoms with Crippen LogP contribution in [0, 0.1) is 0 Å². The van der Waals surface area contributed by atoms with E-state index in [1.807, 2.05) is 0 Å². The molecule has 0 saturated carbocycles. The van der Waals surface area contributed by atoms with E-state index in [4.69, 9.17) is 10.8 Å². The van der Waals surface area contributed by atoms with E-state index in [0.717, 1.165) is 0 Å². The third-order valence-electron chi connectivity index (χ3n) is 0.667. The summed E-state index contributed by atoms with van der Waals surface area (Å²) in [7, 11) is 0. The van der Waals surface area contributed by atoms with E-state index in [-0.39, 0.29) is 18.8 Å². The van der Waals surface area contributed by atoms with Crippen molar-refractivity contribution in [1.29, 1.82) is 0 Å². The molecule has 0 heterocycles. The van der Waals surface area contributed by atoms with Gasteiger partial charge in [-0.2, -0.15) is 0 Å². The highest BCUT2D eigenvalue weighted by Gasteiger charge is 2.08. The van der Waals surface area contributed by atoms with Gasteiger partial charge in [0.25, 0.3) is 0 Å². The normalized spacial score (nSPS) is 11.2. The number of halogens is 1. The van der Waals surface area contributed by atoms with Crippen LogP contribution in [0.2, 0.25) is 0 Å². The van der Waals surface area contributed by atoms with Crippen LogP contribution in [0.1, 0.15) is 6.42 Å². The number of aldehydes is 1. The minimum Gasteiger partial charge on any atom is -0.480 e. The standard InChI is InChI=1S/C4H7NO3.ClH/c5-3(1-2-6)4(7)8;/h2-3H,1,5H2,(H,7,8);1H/t3-;/m0./s1. The Labute approximate surface area is 58.4 Å². The topological polar surface area (TPSA) is 80.4 Å². The second-order valence-electron chi connectivity index (χ2n) is 1.35. The number of hydrogen-bond donors (Lipinski definition) is 2. The number of carboxylic acid groups (broad SMARTS) is 1. The van der Waals surface area contributed by atoms with Crippen LogP contribution in [0.25, 0.3) is 0 Å². The van der Waals surface area contributed by atoms with E-state index < -0.39 is 12.0 Å². The van der Waals surface area contributed by atoms with Crippen LogP contribution < -0.4 is 5.73 Å². The van der Waals surface area contributed by atoms with Crippen LogP contribution in [-0.4, -0.2) is 23.4 Å². The van der Waals surface area contributed by atoms with Gasteiger partial charge in [0.15, 0.2) is 0 Å². The molecule has 0 rings (SSSR count). The zero-order valence-corrected chi connectivity index (χ0v) is 5.43. The van der Waals surface area contributed by atoms with Crippen LogP contribution in [0.3, 0.4) is 0 Å². The lowest BCUT2D eigenvalue weighted by molar-refractivity contribution is -0.139. The molecule has 0 spiro atoms. The van der Waals surface area contributed by atoms with Crippen molar-refractivity contribution in [2.75, 3.05) is 0 Å². The van der Waals surface area contributed by atoms with Gasteiger partial charge in [-0.05, 0) is 0 Å². The summed E-state index contributed by atoms with van der Waals surface area (Å²) < 4.78 is 0. The van der Waals surface area contributed by atoms with E-state index in [0.29, 0.717) is 6.29 Å². The Kier molecular flexibility index (Phi) is 6.89. The first-order chi connectivity index (χ1) is 3.68. The summed E-state index contributed by atoms with van der Waals surface area (Å²) in [5, 5.41) is 8.03. The summed E-state index contributed by atoms with van der Waals surface area (Å²) in [6.45, 7) is 0. The summed E-state index contributed by atoms with van der Waals surface area (Å²) in [5.74, 6) is -1.14. The molecular weight excluding hydrogens is 146 g/mol. The van der Waals surface area contributed by atoms with Crippen molar-refractivity contribution in [2.45, 2.75) is 12.5 Å². The Balaban J connectivity index is 0. The Morgan fingerprint density at radius 2 is 2.22 bits per heavy atom. The molecule has 0 bridgehead atoms. The van der Waals surface area contributed by atoms with E-state index >= 15 is 0 Å². The molecule has 0 aliphatic carbocycles. The molecule has 4 nitrogen and oxygen atoms in total. The molecule has 9 heavy (non-hydrogen) atoms. The lowest BCUT2D eigenvalue weighted by atomic mass is 10.2. The molecule has 0 aromatic heterocycles. The largest absolute Gasteiger partial charge is 0.480 e. The molecular formula is C4H8ClNO3. The van der Waals surface area contributed by atoms with Crippen molar-refractivity contribution in [1.82, 2.24) is 0 Å². The van der Waals surface area contributed by atoms with Crippen molar-refractivity contribution >= 4 is 24.7 Å². The Bertz CT molecular complexity index is 106. The zero-order chi connectivity index (χ0) is 6.57. The van der Waals surface area contributed by atoms with Gasteiger partial charge in [0.2, 0.25) is 0 Å². The highest BCUT2D eigenvalue weighted by atomic mass is 35.5. The fourth-order valence-corrected chi connectivity index (χ4v) is 0.204. The summed E-state index contributed by atoms with van der Waals surface area (Å²) >= 11 is 0. The Morgan fingerprint density at radius 1 is 1.78 bits per heavy atom. The van der Waals surface area contributed by atoms with Gasteiger partial charge in [0, 0.05) is 6.42 Å². The minimum absolute atomic E-state index is 0. The zero-order valence-electron chi connectivity index (χ0n) is 4.61. The van der Waals surface area contributed by atoms with Gasteiger partial charge in [0.05, 0.1) is 0 Å². The Hall–Kier alpha value is -0.610. The van der Waals surface area contributed by atoms with Gasteiger partial charge >= 0.3 is 5.97 Å². The molecule has 0 saturated heterocycles. The van der Waals surface area contributed by atoms with Crippen molar-refractivity contribution in [2.24, 2.45) is 5.73 Å². The van der Waals surface area contributed by atoms with Gasteiger partial charge in [-0.3, -0.25) is 4.79 Å². The molecule has 3 N–H and O–H groups in total. The van der Waals surface area contributed by atoms with E-state index in [1.165, 1.54) is 0 Å². The first kappa shape index (κ1) is 11.2. The molecule has 0 amide bonds. The smallest absolute Gasteiger partial charge is 0.320 e. The maximum Gasteiger partial charge on any atom is 0.320 e. The molecule has 5 heteroatoms. The predicted octanol–water partition coefficient (Wildman–Crippen LogP) is -0.591. The number of carbonyl (C=O) groups excluding carboxylic acids is 1. The van der Waals surface area contributed by atoms with Gasteiger partial charge in [-0.15, -0.1) is 12.4 Å². The minimum atomic E-state index is -1.14. The van der Waals surface area contributed by atoms with Crippen molar-refractivity contribution < 1.29 is 14.7 Å². The maximum absolute atomic E-state index is 9.81. The SMILES string of the molecule is Cl.N[C@@H](CC=O)C(=O)O. The molecule has 0 aliphatic rings. The molecule has 0 aromatic rings. The summed E-state index contributed by atoms with van der Waals surface area (Å²) in [6, 6.07) is -1.03. The molecule has 0 fully saturated rings. The summed E-state index contributed by atoms with van der Waals surface area (Å²) in [5.41, 5.74) is 4.90. The molecule has 0 aliphatic heterocycles. The molecule has 0 unspecified atom stereocenters. The first-order valence-electron chi connectivity index (χ1n) is 2.10. The number of hydrogen-bond acceptors (Lipinski definition) is 3. The van der Waals surface area contributed by atoms with Gasteiger partial charge in [-0.25, -0.2) is 0 Å². The van der Waals surface area contributed by atoms with E-state index in [2.05, 4.69) is 0 Å². The number of nitrogens with two attached hydrogens (primary N) is 1. The maximum atomic E-state index is 9.81. The third-order valence-corrected chi connectivity index (χ3v) is 0.667. The van der Waals surface area contributed by atoms with Crippen molar-refractivity contribution in [3.63, 3.8) is 0 Å². The second-order valence-corrected chi connectivity index (χ2v) is 1.35. The van der Waals surface area contributed by atoms with Gasteiger partial charge in [0.1, 0.15) is 12.3 Å². The monoisotopic (exact) mass is 153 g/mol. The summed E-state index contributed by atoms with van der Waals surface area (Å²) in [4.78, 5) is 19.4. The van der Waals surface area contributed by atoms with Crippen molar-refractivity contribution in [3.05, 3.63) is 0 Å². The average Bonchev–Trinajstić information content (AvgIpc) is 1.67. The average molecular weight is 154 g/mol. The number of carbonyl (C=O) groups is 2. The van der Waals surface area contributed by atoms with Crippen molar-refractivity contribution in [3.8, 4) is 0 Å². The highest BCUT2D eigenvalue weighted by Crippen LogP contribution is 1.80. The fraction of sp³-hybridized carbons (Fsp3) is 0.500. The van der Waals surface area contributed by atoms with E-state index in [1.54, 1.807) is 0 Å². The van der Waals surface area contributed by atoms with Crippen LogP contribution in [0.5, 0.6) is 0 Å². The van der Waals surface area contributed by atoms with Crippen LogP contribution >= 0.6 is 12.4 Å². The third kappa shape index (κ3) is 5.26. The highest BCUT2D eigenvalue weighted by molar-refractivity contribution is 5.85. The molecule has 0 radical (unpaired) electrons. The lowest BCUT2D eigenvalue weighted by Gasteiger charge is -1.96. The van der Waals surface area contributed by atoms with Crippen LogP contribution in [0.15, 0.2) is 0 Å². The van der Waals surface area contributed by atoms with Crippen LogP contribution in [-0.2, 0) is 9.59 Å². The fourth-order valence-electron chi connectivity index (χ4n) is 0.204. The quantitative estimate of drug-likeness (QED) is 0.531. The van der Waals surface area contributed by atoms with Crippen LogP contribution in [0.4, 0.5) is 0 Å². The van der Waals surface area contributed by atoms with Gasteiger partial charge in [-0.1, -0.05) is 0 Å². The lowest BCUT2D eigenvalue weighted by Crippen LogP contribution is -2.30. The van der Waals surface area contributed by atoms with E-state index in [9.17, 15) is 9.59 Å². The molecule has 54 valence electrons. The molecule has 0 aromatic carbocycles. The number of carboxylic acids is 1. The number of aliphatic carboxylic acids is 1. The Morgan fingerprint density at radius 3 is 2.33 bits per heavy atom. The first-order valence-corrected chi connectivity index (χ1v) is 2.10.